The Labute approximate surface area is 65.7 Å². The van der Waals surface area contributed by atoms with Crippen LogP contribution in [0.1, 0.15) is 26.2 Å². The maximum atomic E-state index is 10.0. The van der Waals surface area contributed by atoms with Crippen LogP contribution >= 0.6 is 0 Å². The van der Waals surface area contributed by atoms with Gasteiger partial charge in [-0.3, -0.25) is 10.2 Å². The Morgan fingerprint density at radius 1 is 1.55 bits per heavy atom. The zero-order valence-electron chi connectivity index (χ0n) is 6.59. The van der Waals surface area contributed by atoms with Gasteiger partial charge in [-0.1, -0.05) is 0 Å². The smallest absolute Gasteiger partial charge is 0.303 e. The third-order valence-corrected chi connectivity index (χ3v) is 1.11. The van der Waals surface area contributed by atoms with Crippen LogP contribution < -0.4 is 0 Å². The third kappa shape index (κ3) is 6.83. The summed E-state index contributed by atoms with van der Waals surface area (Å²) in [5, 5.41) is 15.4. The Balaban J connectivity index is 3.24. The van der Waals surface area contributed by atoms with Gasteiger partial charge in [0, 0.05) is 12.8 Å². The molecule has 0 bridgehead atoms. The van der Waals surface area contributed by atoms with E-state index in [4.69, 9.17) is 15.3 Å². The minimum Gasteiger partial charge on any atom is -0.481 e. The standard InChI is InChI=1S/C7H13NO3/c1-2-11-6(8)4-3-5-7(9)10/h8H,2-5H2,1H3,(H,9,10). The van der Waals surface area contributed by atoms with Crippen LogP contribution in [-0.2, 0) is 9.53 Å². The topological polar surface area (TPSA) is 70.4 Å². The van der Waals surface area contributed by atoms with Crippen LogP contribution in [0.3, 0.4) is 0 Å². The van der Waals surface area contributed by atoms with Crippen molar-refractivity contribution in [2.75, 3.05) is 6.61 Å². The molecule has 0 saturated heterocycles. The van der Waals surface area contributed by atoms with E-state index in [0.29, 0.717) is 19.4 Å². The molecule has 0 atom stereocenters. The number of ether oxygens (including phenoxy) is 1. The van der Waals surface area contributed by atoms with Crippen molar-refractivity contribution in [2.24, 2.45) is 0 Å². The maximum absolute atomic E-state index is 10.0. The Hall–Kier alpha value is -1.06. The number of hydrogen-bond donors (Lipinski definition) is 2. The lowest BCUT2D eigenvalue weighted by molar-refractivity contribution is -0.137. The van der Waals surface area contributed by atoms with E-state index in [1.54, 1.807) is 6.92 Å². The van der Waals surface area contributed by atoms with Crippen molar-refractivity contribution in [2.45, 2.75) is 26.2 Å². The van der Waals surface area contributed by atoms with Crippen molar-refractivity contribution in [3.05, 3.63) is 0 Å². The first-order chi connectivity index (χ1) is 5.16. The van der Waals surface area contributed by atoms with E-state index in [2.05, 4.69) is 0 Å². The quantitative estimate of drug-likeness (QED) is 0.468. The van der Waals surface area contributed by atoms with Gasteiger partial charge in [-0.2, -0.15) is 0 Å². The molecule has 0 aromatic heterocycles. The summed E-state index contributed by atoms with van der Waals surface area (Å²) in [5.41, 5.74) is 0. The normalized spacial score (nSPS) is 9.18. The lowest BCUT2D eigenvalue weighted by Crippen LogP contribution is -2.04. The van der Waals surface area contributed by atoms with Gasteiger partial charge in [0.15, 0.2) is 5.90 Å². The lowest BCUT2D eigenvalue weighted by Gasteiger charge is -2.02. The van der Waals surface area contributed by atoms with Gasteiger partial charge in [0.1, 0.15) is 0 Å². The molecule has 0 rings (SSSR count). The van der Waals surface area contributed by atoms with Crippen molar-refractivity contribution in [3.63, 3.8) is 0 Å². The van der Waals surface area contributed by atoms with Crippen molar-refractivity contribution in [3.8, 4) is 0 Å². The molecule has 64 valence electrons. The Morgan fingerprint density at radius 3 is 2.64 bits per heavy atom. The predicted octanol–water partition coefficient (Wildman–Crippen LogP) is 1.26. The van der Waals surface area contributed by atoms with E-state index >= 15 is 0 Å². The molecule has 4 heteroatoms. The lowest BCUT2D eigenvalue weighted by atomic mass is 10.2. The molecule has 4 nitrogen and oxygen atoms in total. The number of carboxylic acid groups (broad SMARTS) is 1. The molecule has 2 N–H and O–H groups in total. The van der Waals surface area contributed by atoms with Gasteiger partial charge < -0.3 is 9.84 Å². The highest BCUT2D eigenvalue weighted by atomic mass is 16.5. The molecule has 0 aliphatic heterocycles. The fraction of sp³-hybridized carbons (Fsp3) is 0.714. The first kappa shape index (κ1) is 9.94. The molecule has 0 aliphatic rings. The van der Waals surface area contributed by atoms with Crippen LogP contribution in [0.15, 0.2) is 0 Å². The van der Waals surface area contributed by atoms with E-state index in [0.717, 1.165) is 0 Å². The van der Waals surface area contributed by atoms with E-state index in [1.807, 2.05) is 0 Å². The zero-order valence-corrected chi connectivity index (χ0v) is 6.59. The highest BCUT2D eigenvalue weighted by Gasteiger charge is 1.99. The number of hydrogen-bond acceptors (Lipinski definition) is 3. The number of carbonyl (C=O) groups is 1. The van der Waals surface area contributed by atoms with Crippen LogP contribution in [0.4, 0.5) is 0 Å². The number of nitrogens with one attached hydrogen (secondary N) is 1. The summed E-state index contributed by atoms with van der Waals surface area (Å²) in [6, 6.07) is 0. The SMILES string of the molecule is CCOC(=N)CCCC(=O)O. The average Bonchev–Trinajstić information content (AvgIpc) is 1.87. The second kappa shape index (κ2) is 5.70. The predicted molar refractivity (Wildman–Crippen MR) is 40.8 cm³/mol. The Morgan fingerprint density at radius 2 is 2.18 bits per heavy atom. The van der Waals surface area contributed by atoms with Gasteiger partial charge in [0.2, 0.25) is 0 Å². The van der Waals surface area contributed by atoms with Crippen molar-refractivity contribution >= 4 is 11.9 Å². The van der Waals surface area contributed by atoms with Crippen LogP contribution in [0.2, 0.25) is 0 Å². The van der Waals surface area contributed by atoms with E-state index in [-0.39, 0.29) is 12.3 Å². The third-order valence-electron chi connectivity index (χ3n) is 1.11. The maximum Gasteiger partial charge on any atom is 0.303 e. The van der Waals surface area contributed by atoms with Gasteiger partial charge in [0.25, 0.3) is 0 Å². The van der Waals surface area contributed by atoms with Gasteiger partial charge >= 0.3 is 5.97 Å². The van der Waals surface area contributed by atoms with Gasteiger partial charge in [-0.15, -0.1) is 0 Å². The summed E-state index contributed by atoms with van der Waals surface area (Å²) >= 11 is 0. The summed E-state index contributed by atoms with van der Waals surface area (Å²) in [5.74, 6) is -0.650. The number of rotatable bonds is 5. The molecule has 0 amide bonds. The Bertz CT molecular complexity index is 145. The minimum absolute atomic E-state index is 0.107. The average molecular weight is 159 g/mol. The molecule has 0 radical (unpaired) electrons. The highest BCUT2D eigenvalue weighted by Crippen LogP contribution is 1.97. The second-order valence-corrected chi connectivity index (χ2v) is 2.10. The zero-order chi connectivity index (χ0) is 8.69. The molecule has 0 aromatic carbocycles. The van der Waals surface area contributed by atoms with Gasteiger partial charge in [-0.25, -0.2) is 0 Å². The molecule has 11 heavy (non-hydrogen) atoms. The molecule has 0 unspecified atom stereocenters. The Kier molecular flexibility index (Phi) is 5.15. The molecule has 0 spiro atoms. The molecule has 0 saturated carbocycles. The summed E-state index contributed by atoms with van der Waals surface area (Å²) in [6.07, 6.45) is 1.00. The van der Waals surface area contributed by atoms with E-state index < -0.39 is 5.97 Å². The highest BCUT2D eigenvalue weighted by molar-refractivity contribution is 5.73. The first-order valence-electron chi connectivity index (χ1n) is 3.58. The van der Waals surface area contributed by atoms with E-state index in [1.165, 1.54) is 0 Å². The summed E-state index contributed by atoms with van der Waals surface area (Å²) in [6.45, 7) is 2.28. The fourth-order valence-corrected chi connectivity index (χ4v) is 0.647. The van der Waals surface area contributed by atoms with Crippen LogP contribution in [0, 0.1) is 5.41 Å². The first-order valence-corrected chi connectivity index (χ1v) is 3.58. The van der Waals surface area contributed by atoms with Crippen LogP contribution in [-0.4, -0.2) is 23.6 Å². The molecular formula is C7H13NO3. The molecule has 0 aliphatic carbocycles. The molecule has 0 aromatic rings. The van der Waals surface area contributed by atoms with Crippen molar-refractivity contribution < 1.29 is 14.6 Å². The molecular weight excluding hydrogens is 146 g/mol. The van der Waals surface area contributed by atoms with Crippen molar-refractivity contribution in [1.29, 1.82) is 5.41 Å². The summed E-state index contributed by atoms with van der Waals surface area (Å²) < 4.78 is 4.81. The van der Waals surface area contributed by atoms with Crippen LogP contribution in [0.5, 0.6) is 0 Å². The number of aliphatic carboxylic acids is 1. The van der Waals surface area contributed by atoms with Crippen LogP contribution in [0.25, 0.3) is 0 Å². The monoisotopic (exact) mass is 159 g/mol. The van der Waals surface area contributed by atoms with E-state index in [9.17, 15) is 4.79 Å². The fourth-order valence-electron chi connectivity index (χ4n) is 0.647. The van der Waals surface area contributed by atoms with Gasteiger partial charge in [-0.05, 0) is 13.3 Å². The largest absolute Gasteiger partial charge is 0.481 e. The number of carboxylic acids is 1. The summed E-state index contributed by atoms with van der Waals surface area (Å²) in [4.78, 5) is 10.0. The van der Waals surface area contributed by atoms with Gasteiger partial charge in [0.05, 0.1) is 6.61 Å². The van der Waals surface area contributed by atoms with Crippen molar-refractivity contribution in [1.82, 2.24) is 0 Å². The molecule has 0 fully saturated rings. The summed E-state index contributed by atoms with van der Waals surface area (Å²) in [7, 11) is 0. The molecule has 0 heterocycles. The minimum atomic E-state index is -0.825. The second-order valence-electron chi connectivity index (χ2n) is 2.10.